The number of piperidine rings is 1. The number of nitrogens with zero attached hydrogens (tertiary/aromatic N) is 1. The summed E-state index contributed by atoms with van der Waals surface area (Å²) in [6, 6.07) is -1.36. The van der Waals surface area contributed by atoms with Gasteiger partial charge in [-0.15, -0.1) is 0 Å². The second-order valence-electron chi connectivity index (χ2n) is 5.55. The number of hydrogen-bond acceptors (Lipinski definition) is 3. The van der Waals surface area contributed by atoms with Gasteiger partial charge in [0.2, 0.25) is 0 Å². The van der Waals surface area contributed by atoms with Crippen LogP contribution in [0.25, 0.3) is 0 Å². The number of carboxylic acids is 1. The zero-order chi connectivity index (χ0) is 15.2. The number of carbonyl (C=O) groups is 2. The van der Waals surface area contributed by atoms with Crippen LogP contribution in [0.15, 0.2) is 0 Å². The van der Waals surface area contributed by atoms with Crippen LogP contribution < -0.4 is 5.32 Å². The quantitative estimate of drug-likeness (QED) is 0.689. The highest BCUT2D eigenvalue weighted by Crippen LogP contribution is 2.37. The highest BCUT2D eigenvalue weighted by Gasteiger charge is 2.33. The summed E-state index contributed by atoms with van der Waals surface area (Å²) < 4.78 is 0. The van der Waals surface area contributed by atoms with Gasteiger partial charge in [0.25, 0.3) is 0 Å². The molecule has 0 aliphatic carbocycles. The topological polar surface area (TPSA) is 89.9 Å². The standard InChI is InChI=1S/C14H26N2O4/c1-3-14(4-2)6-8-16(9-7-14)13(20)15-11(5-10-17)12(18)19/h11,17H,3-10H2,1-2H3,(H,15,20)(H,18,19)/t11-/m1/s1. The molecule has 1 atom stereocenters. The lowest BCUT2D eigenvalue weighted by Gasteiger charge is -2.41. The fourth-order valence-electron chi connectivity index (χ4n) is 2.77. The average molecular weight is 286 g/mol. The van der Waals surface area contributed by atoms with Crippen molar-refractivity contribution in [3.8, 4) is 0 Å². The molecule has 6 heteroatoms. The van der Waals surface area contributed by atoms with Gasteiger partial charge in [0.05, 0.1) is 0 Å². The molecule has 0 unspecified atom stereocenters. The third kappa shape index (κ3) is 4.10. The summed E-state index contributed by atoms with van der Waals surface area (Å²) in [5.41, 5.74) is 0.327. The number of aliphatic hydroxyl groups is 1. The lowest BCUT2D eigenvalue weighted by Crippen LogP contribution is -2.51. The van der Waals surface area contributed by atoms with Crippen molar-refractivity contribution in [2.45, 2.75) is 52.0 Å². The van der Waals surface area contributed by atoms with Gasteiger partial charge in [-0.3, -0.25) is 0 Å². The van der Waals surface area contributed by atoms with E-state index in [-0.39, 0.29) is 19.1 Å². The van der Waals surface area contributed by atoms with Crippen molar-refractivity contribution in [2.75, 3.05) is 19.7 Å². The second-order valence-corrected chi connectivity index (χ2v) is 5.55. The molecular formula is C14H26N2O4. The minimum absolute atomic E-state index is 0.0305. The molecule has 6 nitrogen and oxygen atoms in total. The van der Waals surface area contributed by atoms with E-state index in [2.05, 4.69) is 19.2 Å². The minimum atomic E-state index is -1.11. The van der Waals surface area contributed by atoms with Gasteiger partial charge >= 0.3 is 12.0 Å². The first kappa shape index (κ1) is 16.8. The van der Waals surface area contributed by atoms with Crippen LogP contribution in [0.3, 0.4) is 0 Å². The summed E-state index contributed by atoms with van der Waals surface area (Å²) in [6.07, 6.45) is 4.18. The first-order valence-electron chi connectivity index (χ1n) is 7.37. The second kappa shape index (κ2) is 7.47. The van der Waals surface area contributed by atoms with Crippen molar-refractivity contribution in [3.63, 3.8) is 0 Å². The molecule has 2 amide bonds. The average Bonchev–Trinajstić information content (AvgIpc) is 2.46. The number of hydrogen-bond donors (Lipinski definition) is 3. The zero-order valence-corrected chi connectivity index (χ0v) is 12.4. The fraction of sp³-hybridized carbons (Fsp3) is 0.857. The number of urea groups is 1. The highest BCUT2D eigenvalue weighted by atomic mass is 16.4. The smallest absolute Gasteiger partial charge is 0.326 e. The Morgan fingerprint density at radius 3 is 2.20 bits per heavy atom. The number of carbonyl (C=O) groups excluding carboxylic acids is 1. The van der Waals surface area contributed by atoms with Crippen LogP contribution in [-0.2, 0) is 4.79 Å². The first-order valence-corrected chi connectivity index (χ1v) is 7.37. The molecule has 0 aromatic rings. The van der Waals surface area contributed by atoms with Gasteiger partial charge in [-0.1, -0.05) is 26.7 Å². The molecule has 0 saturated carbocycles. The van der Waals surface area contributed by atoms with Crippen LogP contribution in [0, 0.1) is 5.41 Å². The van der Waals surface area contributed by atoms with Crippen LogP contribution in [0.1, 0.15) is 46.0 Å². The lowest BCUT2D eigenvalue weighted by atomic mass is 9.74. The van der Waals surface area contributed by atoms with Crippen molar-refractivity contribution in [2.24, 2.45) is 5.41 Å². The van der Waals surface area contributed by atoms with Crippen LogP contribution in [0.2, 0.25) is 0 Å². The zero-order valence-electron chi connectivity index (χ0n) is 12.4. The molecule has 116 valence electrons. The van der Waals surface area contributed by atoms with Crippen molar-refractivity contribution < 1.29 is 19.8 Å². The van der Waals surface area contributed by atoms with Crippen molar-refractivity contribution in [3.05, 3.63) is 0 Å². The number of carboxylic acid groups (broad SMARTS) is 1. The predicted molar refractivity (Wildman–Crippen MR) is 75.5 cm³/mol. The molecule has 1 aliphatic rings. The van der Waals surface area contributed by atoms with Crippen LogP contribution in [0.4, 0.5) is 4.79 Å². The Balaban J connectivity index is 2.52. The van der Waals surface area contributed by atoms with Gasteiger partial charge in [-0.25, -0.2) is 9.59 Å². The summed E-state index contributed by atoms with van der Waals surface area (Å²) in [7, 11) is 0. The number of likely N-dealkylation sites (tertiary alicyclic amines) is 1. The normalized spacial score (nSPS) is 19.4. The Bertz CT molecular complexity index is 332. The largest absolute Gasteiger partial charge is 0.480 e. The van der Waals surface area contributed by atoms with Gasteiger partial charge in [0.15, 0.2) is 0 Å². The molecule has 20 heavy (non-hydrogen) atoms. The van der Waals surface area contributed by atoms with E-state index in [0.29, 0.717) is 18.5 Å². The Morgan fingerprint density at radius 2 is 1.80 bits per heavy atom. The molecule has 0 bridgehead atoms. The van der Waals surface area contributed by atoms with Gasteiger partial charge in [-0.05, 0) is 18.3 Å². The van der Waals surface area contributed by atoms with E-state index >= 15 is 0 Å². The molecule has 3 N–H and O–H groups in total. The maximum absolute atomic E-state index is 12.0. The van der Waals surface area contributed by atoms with Crippen LogP contribution >= 0.6 is 0 Å². The minimum Gasteiger partial charge on any atom is -0.480 e. The van der Waals surface area contributed by atoms with Gasteiger partial charge in [0, 0.05) is 26.1 Å². The molecule has 1 heterocycles. The van der Waals surface area contributed by atoms with Crippen molar-refractivity contribution in [1.29, 1.82) is 0 Å². The fourth-order valence-corrected chi connectivity index (χ4v) is 2.77. The van der Waals surface area contributed by atoms with E-state index < -0.39 is 12.0 Å². The summed E-state index contributed by atoms with van der Waals surface area (Å²) in [5, 5.41) is 20.3. The molecular weight excluding hydrogens is 260 g/mol. The van der Waals surface area contributed by atoms with Crippen LogP contribution in [0.5, 0.6) is 0 Å². The molecule has 1 saturated heterocycles. The van der Waals surface area contributed by atoms with E-state index in [9.17, 15) is 9.59 Å². The van der Waals surface area contributed by atoms with Gasteiger partial charge in [-0.2, -0.15) is 0 Å². The summed E-state index contributed by atoms with van der Waals surface area (Å²) >= 11 is 0. The van der Waals surface area contributed by atoms with E-state index in [1.54, 1.807) is 4.90 Å². The Morgan fingerprint density at radius 1 is 1.25 bits per heavy atom. The molecule has 0 aromatic carbocycles. The predicted octanol–water partition coefficient (Wildman–Crippen LogP) is 1.43. The highest BCUT2D eigenvalue weighted by molar-refractivity contribution is 5.82. The molecule has 0 radical (unpaired) electrons. The van der Waals surface area contributed by atoms with E-state index in [0.717, 1.165) is 25.7 Å². The van der Waals surface area contributed by atoms with E-state index in [1.165, 1.54) is 0 Å². The van der Waals surface area contributed by atoms with Gasteiger partial charge in [0.1, 0.15) is 6.04 Å². The first-order chi connectivity index (χ1) is 9.48. The number of amides is 2. The number of nitrogens with one attached hydrogen (secondary N) is 1. The van der Waals surface area contributed by atoms with Crippen LogP contribution in [-0.4, -0.2) is 52.9 Å². The van der Waals surface area contributed by atoms with E-state index in [1.807, 2.05) is 0 Å². The Kier molecular flexibility index (Phi) is 6.26. The van der Waals surface area contributed by atoms with Gasteiger partial charge < -0.3 is 20.4 Å². The molecule has 0 spiro atoms. The Hall–Kier alpha value is -1.30. The molecule has 1 fully saturated rings. The number of rotatable bonds is 6. The maximum atomic E-state index is 12.0. The monoisotopic (exact) mass is 286 g/mol. The third-order valence-electron chi connectivity index (χ3n) is 4.62. The Labute approximate surface area is 120 Å². The SMILES string of the molecule is CCC1(CC)CCN(C(=O)N[C@H](CCO)C(=O)O)CC1. The summed E-state index contributed by atoms with van der Waals surface area (Å²) in [4.78, 5) is 24.7. The summed E-state index contributed by atoms with van der Waals surface area (Å²) in [6.45, 7) is 5.44. The molecule has 1 rings (SSSR count). The molecule has 0 aromatic heterocycles. The van der Waals surface area contributed by atoms with E-state index in [4.69, 9.17) is 10.2 Å². The third-order valence-corrected chi connectivity index (χ3v) is 4.62. The van der Waals surface area contributed by atoms with Crippen molar-refractivity contribution >= 4 is 12.0 Å². The molecule has 1 aliphatic heterocycles. The summed E-state index contributed by atoms with van der Waals surface area (Å²) in [5.74, 6) is -1.11. The maximum Gasteiger partial charge on any atom is 0.326 e. The van der Waals surface area contributed by atoms with Crippen molar-refractivity contribution in [1.82, 2.24) is 10.2 Å². The number of aliphatic carboxylic acids is 1. The number of aliphatic hydroxyl groups excluding tert-OH is 1. The lowest BCUT2D eigenvalue weighted by molar-refractivity contribution is -0.139.